The van der Waals surface area contributed by atoms with Crippen LogP contribution in [0.5, 0.6) is 0 Å². The van der Waals surface area contributed by atoms with Gasteiger partial charge in [0, 0.05) is 38.5 Å². The summed E-state index contributed by atoms with van der Waals surface area (Å²) in [7, 11) is 0. The summed E-state index contributed by atoms with van der Waals surface area (Å²) in [5.74, 6) is 0. The summed E-state index contributed by atoms with van der Waals surface area (Å²) in [6.45, 7) is 0. The molecule has 9 rings (SSSR count). The van der Waals surface area contributed by atoms with Crippen molar-refractivity contribution in [2.24, 2.45) is 0 Å². The highest BCUT2D eigenvalue weighted by Gasteiger charge is 2.21. The molecule has 0 radical (unpaired) electrons. The molecule has 1 aliphatic carbocycles. The van der Waals surface area contributed by atoms with E-state index < -0.39 is 0 Å². The van der Waals surface area contributed by atoms with Gasteiger partial charge in [-0.05, 0) is 65.6 Å². The maximum absolute atomic E-state index is 2.50. The van der Waals surface area contributed by atoms with Crippen LogP contribution in [-0.2, 0) is 0 Å². The second kappa shape index (κ2) is 9.09. The number of benzene rings is 6. The molecule has 2 nitrogen and oxygen atoms in total. The summed E-state index contributed by atoms with van der Waals surface area (Å²) in [5, 5.41) is 7.65. The Morgan fingerprint density at radius 2 is 1.02 bits per heavy atom. The van der Waals surface area contributed by atoms with E-state index in [1.807, 2.05) is 0 Å². The minimum Gasteiger partial charge on any atom is -0.309 e. The Kier molecular flexibility index (Phi) is 5.06. The summed E-state index contributed by atoms with van der Waals surface area (Å²) >= 11 is 0. The molecule has 0 bridgehead atoms. The number of hydrogen-bond donors (Lipinski definition) is 0. The Hall–Kier alpha value is -5.34. The number of nitrogens with zero attached hydrogens (tertiary/aromatic N) is 2. The van der Waals surface area contributed by atoms with Crippen LogP contribution >= 0.6 is 0 Å². The van der Waals surface area contributed by atoms with E-state index in [1.54, 1.807) is 0 Å². The lowest BCUT2D eigenvalue weighted by Crippen LogP contribution is -2.03. The van der Waals surface area contributed by atoms with Crippen molar-refractivity contribution < 1.29 is 0 Å². The number of aromatic nitrogens is 2. The molecule has 1 aliphatic rings. The minimum absolute atomic E-state index is 1.04. The fourth-order valence-corrected chi connectivity index (χ4v) is 7.04. The fraction of sp³-hybridized carbons (Fsp3) is 0.0500. The van der Waals surface area contributed by atoms with Gasteiger partial charge in [0.2, 0.25) is 0 Å². The van der Waals surface area contributed by atoms with Gasteiger partial charge in [-0.15, -0.1) is 0 Å². The lowest BCUT2D eigenvalue weighted by atomic mass is 9.96. The maximum Gasteiger partial charge on any atom is 0.0562 e. The van der Waals surface area contributed by atoms with E-state index >= 15 is 0 Å². The van der Waals surface area contributed by atoms with Crippen molar-refractivity contribution >= 4 is 65.7 Å². The third-order valence-electron chi connectivity index (χ3n) is 8.91. The molecular formula is C40H28N2. The zero-order valence-electron chi connectivity index (χ0n) is 23.2. The van der Waals surface area contributed by atoms with Gasteiger partial charge in [0.05, 0.1) is 22.1 Å². The van der Waals surface area contributed by atoms with Crippen LogP contribution in [0.25, 0.3) is 71.3 Å². The van der Waals surface area contributed by atoms with Crippen LogP contribution in [0.1, 0.15) is 18.4 Å². The molecule has 0 fully saturated rings. The molecule has 0 N–H and O–H groups in total. The van der Waals surface area contributed by atoms with Crippen molar-refractivity contribution in [1.29, 1.82) is 0 Å². The average molecular weight is 537 g/mol. The van der Waals surface area contributed by atoms with E-state index in [0.717, 1.165) is 12.8 Å². The van der Waals surface area contributed by atoms with Crippen molar-refractivity contribution in [3.05, 3.63) is 151 Å². The highest BCUT2D eigenvalue weighted by Crippen LogP contribution is 2.42. The molecule has 6 aromatic carbocycles. The standard InChI is InChI=1S/C40H28N2/c1-2-13-28(14-3-1)31-16-6-9-19-36(31)42-38-21-11-8-18-33(38)35-25-34-32-17-7-10-20-37(32)41(39(34)26-40(35)42)30-23-22-27-12-4-5-15-29(27)24-30/h1-5,7-8,10-26H,6,9H2. The number of para-hydroxylation sites is 2. The van der Waals surface area contributed by atoms with Gasteiger partial charge in [0.15, 0.2) is 0 Å². The van der Waals surface area contributed by atoms with Gasteiger partial charge >= 0.3 is 0 Å². The molecule has 0 atom stereocenters. The van der Waals surface area contributed by atoms with Gasteiger partial charge in [-0.2, -0.15) is 0 Å². The molecule has 0 unspecified atom stereocenters. The van der Waals surface area contributed by atoms with Gasteiger partial charge in [-0.3, -0.25) is 0 Å². The zero-order valence-corrected chi connectivity index (χ0v) is 23.2. The van der Waals surface area contributed by atoms with Crippen LogP contribution in [-0.4, -0.2) is 9.13 Å². The number of allylic oxidation sites excluding steroid dienone is 4. The molecule has 2 heterocycles. The van der Waals surface area contributed by atoms with Crippen LogP contribution in [0.4, 0.5) is 0 Å². The van der Waals surface area contributed by atoms with Crippen LogP contribution in [0.2, 0.25) is 0 Å². The molecule has 42 heavy (non-hydrogen) atoms. The smallest absolute Gasteiger partial charge is 0.0562 e. The monoisotopic (exact) mass is 536 g/mol. The summed E-state index contributed by atoms with van der Waals surface area (Å²) in [6, 6.07) is 48.8. The summed E-state index contributed by atoms with van der Waals surface area (Å²) in [5.41, 5.74) is 9.97. The topological polar surface area (TPSA) is 9.86 Å². The molecule has 2 aromatic heterocycles. The Morgan fingerprint density at radius 3 is 1.81 bits per heavy atom. The van der Waals surface area contributed by atoms with Crippen LogP contribution < -0.4 is 0 Å². The average Bonchev–Trinajstić information content (AvgIpc) is 3.56. The van der Waals surface area contributed by atoms with Crippen molar-refractivity contribution in [1.82, 2.24) is 9.13 Å². The van der Waals surface area contributed by atoms with E-state index in [2.05, 4.69) is 155 Å². The van der Waals surface area contributed by atoms with Crippen molar-refractivity contribution in [2.45, 2.75) is 12.8 Å². The third-order valence-corrected chi connectivity index (χ3v) is 8.91. The second-order valence-corrected chi connectivity index (χ2v) is 11.3. The van der Waals surface area contributed by atoms with E-state index in [9.17, 15) is 0 Å². The molecular weight excluding hydrogens is 508 g/mol. The lowest BCUT2D eigenvalue weighted by Gasteiger charge is -2.20. The number of hydrogen-bond acceptors (Lipinski definition) is 0. The first kappa shape index (κ1) is 23.4. The van der Waals surface area contributed by atoms with E-state index in [1.165, 1.54) is 76.9 Å². The molecule has 0 saturated heterocycles. The molecule has 2 heteroatoms. The van der Waals surface area contributed by atoms with Crippen molar-refractivity contribution in [3.63, 3.8) is 0 Å². The van der Waals surface area contributed by atoms with E-state index in [4.69, 9.17) is 0 Å². The van der Waals surface area contributed by atoms with E-state index in [-0.39, 0.29) is 0 Å². The zero-order chi connectivity index (χ0) is 27.6. The highest BCUT2D eigenvalue weighted by molar-refractivity contribution is 6.21. The molecule has 0 amide bonds. The SMILES string of the molecule is C1=C(c2ccccc2)C(n2c3ccccc3c3cc4c5ccccc5n(-c5ccc6ccccc6c5)c4cc32)=CCC1. The Bertz CT molecular complexity index is 2400. The van der Waals surface area contributed by atoms with Gasteiger partial charge < -0.3 is 9.13 Å². The molecule has 0 spiro atoms. The van der Waals surface area contributed by atoms with Crippen LogP contribution in [0.3, 0.4) is 0 Å². The molecule has 8 aromatic rings. The number of rotatable bonds is 3. The minimum atomic E-state index is 1.04. The summed E-state index contributed by atoms with van der Waals surface area (Å²) in [4.78, 5) is 0. The lowest BCUT2D eigenvalue weighted by molar-refractivity contribution is 1.02. The number of fused-ring (bicyclic) bond motifs is 7. The molecule has 0 saturated carbocycles. The molecule has 198 valence electrons. The fourth-order valence-electron chi connectivity index (χ4n) is 7.04. The van der Waals surface area contributed by atoms with Gasteiger partial charge in [0.25, 0.3) is 0 Å². The molecule has 0 aliphatic heterocycles. The van der Waals surface area contributed by atoms with Crippen LogP contribution in [0, 0.1) is 0 Å². The first-order chi connectivity index (χ1) is 20.8. The predicted molar refractivity (Wildman–Crippen MR) is 179 cm³/mol. The Labute approximate surface area is 244 Å². The normalized spacial score (nSPS) is 13.8. The summed E-state index contributed by atoms with van der Waals surface area (Å²) in [6.07, 6.45) is 6.94. The predicted octanol–water partition coefficient (Wildman–Crippen LogP) is 10.8. The van der Waals surface area contributed by atoms with Gasteiger partial charge in [-0.1, -0.05) is 109 Å². The first-order valence-corrected chi connectivity index (χ1v) is 14.8. The van der Waals surface area contributed by atoms with Gasteiger partial charge in [0.1, 0.15) is 0 Å². The van der Waals surface area contributed by atoms with Crippen LogP contribution in [0.15, 0.2) is 146 Å². The van der Waals surface area contributed by atoms with Gasteiger partial charge in [-0.25, -0.2) is 0 Å². The summed E-state index contributed by atoms with van der Waals surface area (Å²) < 4.78 is 4.95. The quantitative estimate of drug-likeness (QED) is 0.213. The van der Waals surface area contributed by atoms with Crippen molar-refractivity contribution in [3.8, 4) is 5.69 Å². The third kappa shape index (κ3) is 3.39. The maximum atomic E-state index is 2.50. The Morgan fingerprint density at radius 1 is 0.405 bits per heavy atom. The Balaban J connectivity index is 1.39. The van der Waals surface area contributed by atoms with Crippen molar-refractivity contribution in [2.75, 3.05) is 0 Å². The largest absolute Gasteiger partial charge is 0.309 e. The van der Waals surface area contributed by atoms with E-state index in [0.29, 0.717) is 0 Å². The highest BCUT2D eigenvalue weighted by atomic mass is 15.0. The second-order valence-electron chi connectivity index (χ2n) is 11.3. The first-order valence-electron chi connectivity index (χ1n) is 14.8.